The number of nitrogens with zero attached hydrogens (tertiary/aromatic N) is 1. The minimum absolute atomic E-state index is 0.153. The number of aromatic amines is 1. The van der Waals surface area contributed by atoms with Crippen LogP contribution in [0.5, 0.6) is 0 Å². The molecule has 2 aromatic rings. The van der Waals surface area contributed by atoms with E-state index in [2.05, 4.69) is 25.9 Å². The maximum atomic E-state index is 11.7. The predicted octanol–water partition coefficient (Wildman–Crippen LogP) is 2.90. The molecule has 0 saturated carbocycles. The number of halogens is 2. The van der Waals surface area contributed by atoms with Crippen LogP contribution in [-0.2, 0) is 6.42 Å². The topological polar surface area (TPSA) is 45.8 Å². The normalized spacial score (nSPS) is 10.9. The van der Waals surface area contributed by atoms with E-state index in [0.29, 0.717) is 28.2 Å². The predicted molar refractivity (Wildman–Crippen MR) is 64.5 cm³/mol. The van der Waals surface area contributed by atoms with Crippen LogP contribution in [0.15, 0.2) is 21.4 Å². The van der Waals surface area contributed by atoms with E-state index in [1.165, 1.54) is 0 Å². The lowest BCUT2D eigenvalue weighted by atomic mass is 10.2. The van der Waals surface area contributed by atoms with Crippen molar-refractivity contribution in [2.45, 2.75) is 13.3 Å². The summed E-state index contributed by atoms with van der Waals surface area (Å²) in [4.78, 5) is 18.7. The lowest BCUT2D eigenvalue weighted by Crippen LogP contribution is -2.11. The Morgan fingerprint density at radius 3 is 2.93 bits per heavy atom. The number of benzene rings is 1. The van der Waals surface area contributed by atoms with E-state index in [-0.39, 0.29) is 5.56 Å². The Morgan fingerprint density at radius 1 is 1.53 bits per heavy atom. The molecule has 0 aliphatic rings. The zero-order valence-electron chi connectivity index (χ0n) is 7.97. The summed E-state index contributed by atoms with van der Waals surface area (Å²) in [6.07, 6.45) is 0.695. The molecule has 0 spiro atoms. The molecule has 1 aromatic carbocycles. The first-order valence-corrected chi connectivity index (χ1v) is 5.67. The molecule has 0 aliphatic carbocycles. The molecule has 78 valence electrons. The molecule has 0 fully saturated rings. The lowest BCUT2D eigenvalue weighted by Gasteiger charge is -2.02. The molecule has 1 heterocycles. The molecule has 0 atom stereocenters. The molecule has 3 nitrogen and oxygen atoms in total. The summed E-state index contributed by atoms with van der Waals surface area (Å²) in [5.41, 5.74) is 0.500. The average molecular weight is 288 g/mol. The Labute approximate surface area is 99.6 Å². The molecule has 0 radical (unpaired) electrons. The first-order chi connectivity index (χ1) is 7.11. The van der Waals surface area contributed by atoms with Gasteiger partial charge in [-0.15, -0.1) is 0 Å². The lowest BCUT2D eigenvalue weighted by molar-refractivity contribution is 0.943. The fourth-order valence-corrected chi connectivity index (χ4v) is 2.28. The van der Waals surface area contributed by atoms with Gasteiger partial charge in [0.05, 0.1) is 10.9 Å². The molecule has 1 N–H and O–H groups in total. The van der Waals surface area contributed by atoms with Crippen molar-refractivity contribution in [1.82, 2.24) is 9.97 Å². The van der Waals surface area contributed by atoms with Crippen molar-refractivity contribution in [3.8, 4) is 0 Å². The van der Waals surface area contributed by atoms with Crippen LogP contribution in [0.1, 0.15) is 12.7 Å². The Kier molecular flexibility index (Phi) is 2.80. The summed E-state index contributed by atoms with van der Waals surface area (Å²) < 4.78 is 0.741. The fourth-order valence-electron chi connectivity index (χ4n) is 1.38. The number of H-pyrrole nitrogens is 1. The first-order valence-electron chi connectivity index (χ1n) is 4.49. The van der Waals surface area contributed by atoms with Gasteiger partial charge in [-0.2, -0.15) is 0 Å². The zero-order chi connectivity index (χ0) is 11.0. The number of aromatic nitrogens is 2. The fraction of sp³-hybridized carbons (Fsp3) is 0.200. The third-order valence-electron chi connectivity index (χ3n) is 2.11. The highest BCUT2D eigenvalue weighted by molar-refractivity contribution is 9.10. The minimum atomic E-state index is -0.153. The summed E-state index contributed by atoms with van der Waals surface area (Å²) in [6.45, 7) is 1.94. The van der Waals surface area contributed by atoms with Gasteiger partial charge in [0, 0.05) is 15.9 Å². The van der Waals surface area contributed by atoms with Gasteiger partial charge in [-0.05, 0) is 28.1 Å². The Balaban J connectivity index is 2.91. The van der Waals surface area contributed by atoms with E-state index >= 15 is 0 Å². The number of nitrogens with one attached hydrogen (secondary N) is 1. The van der Waals surface area contributed by atoms with Gasteiger partial charge in [-0.1, -0.05) is 18.5 Å². The van der Waals surface area contributed by atoms with Crippen LogP contribution in [0.4, 0.5) is 0 Å². The molecule has 5 heteroatoms. The molecule has 1 aromatic heterocycles. The average Bonchev–Trinajstić information content (AvgIpc) is 2.19. The van der Waals surface area contributed by atoms with Crippen molar-refractivity contribution in [3.05, 3.63) is 37.8 Å². The van der Waals surface area contributed by atoms with Crippen molar-refractivity contribution < 1.29 is 0 Å². The van der Waals surface area contributed by atoms with Gasteiger partial charge in [0.2, 0.25) is 0 Å². The van der Waals surface area contributed by atoms with E-state index in [9.17, 15) is 4.79 Å². The van der Waals surface area contributed by atoms with Crippen molar-refractivity contribution in [2.24, 2.45) is 0 Å². The Bertz CT molecular complexity index is 579. The Morgan fingerprint density at radius 2 is 2.27 bits per heavy atom. The third-order valence-corrected chi connectivity index (χ3v) is 2.93. The zero-order valence-corrected chi connectivity index (χ0v) is 10.3. The number of aryl methyl sites for hydroxylation is 1. The maximum absolute atomic E-state index is 11.7. The van der Waals surface area contributed by atoms with Crippen LogP contribution in [0.2, 0.25) is 5.02 Å². The van der Waals surface area contributed by atoms with Gasteiger partial charge in [-0.25, -0.2) is 4.98 Å². The van der Waals surface area contributed by atoms with Gasteiger partial charge in [0.15, 0.2) is 0 Å². The second-order valence-electron chi connectivity index (χ2n) is 3.15. The smallest absolute Gasteiger partial charge is 0.258 e. The second kappa shape index (κ2) is 3.94. The summed E-state index contributed by atoms with van der Waals surface area (Å²) in [6, 6.07) is 3.35. The van der Waals surface area contributed by atoms with Gasteiger partial charge in [0.1, 0.15) is 5.82 Å². The van der Waals surface area contributed by atoms with E-state index < -0.39 is 0 Å². The highest BCUT2D eigenvalue weighted by Gasteiger charge is 2.07. The van der Waals surface area contributed by atoms with Crippen molar-refractivity contribution >= 4 is 38.4 Å². The summed E-state index contributed by atoms with van der Waals surface area (Å²) >= 11 is 9.20. The van der Waals surface area contributed by atoms with Gasteiger partial charge in [-0.3, -0.25) is 4.79 Å². The highest BCUT2D eigenvalue weighted by Crippen LogP contribution is 2.24. The molecule has 0 aliphatic heterocycles. The number of hydrogen-bond donors (Lipinski definition) is 1. The van der Waals surface area contributed by atoms with Crippen LogP contribution in [0.3, 0.4) is 0 Å². The van der Waals surface area contributed by atoms with Gasteiger partial charge in [0.25, 0.3) is 5.56 Å². The minimum Gasteiger partial charge on any atom is -0.310 e. The Hall–Kier alpha value is -0.870. The molecular weight excluding hydrogens is 279 g/mol. The van der Waals surface area contributed by atoms with Crippen molar-refractivity contribution in [1.29, 1.82) is 0 Å². The van der Waals surface area contributed by atoms with E-state index in [4.69, 9.17) is 11.6 Å². The molecule has 0 saturated heterocycles. The van der Waals surface area contributed by atoms with Crippen LogP contribution in [-0.4, -0.2) is 9.97 Å². The number of fused-ring (bicyclic) bond motifs is 1. The molecule has 15 heavy (non-hydrogen) atoms. The standard InChI is InChI=1S/C10H8BrClN2O/c1-2-8-13-9-6(10(15)14-8)3-5(12)4-7(9)11/h3-4H,2H2,1H3,(H,13,14,15). The summed E-state index contributed by atoms with van der Waals surface area (Å²) in [5.74, 6) is 0.676. The summed E-state index contributed by atoms with van der Waals surface area (Å²) in [7, 11) is 0. The number of hydrogen-bond acceptors (Lipinski definition) is 2. The molecular formula is C10H8BrClN2O. The monoisotopic (exact) mass is 286 g/mol. The quantitative estimate of drug-likeness (QED) is 0.876. The maximum Gasteiger partial charge on any atom is 0.258 e. The van der Waals surface area contributed by atoms with E-state index in [0.717, 1.165) is 4.47 Å². The first kappa shape index (κ1) is 10.6. The van der Waals surface area contributed by atoms with Crippen LogP contribution >= 0.6 is 27.5 Å². The SMILES string of the molecule is CCc1nc2c(Br)cc(Cl)cc2c(=O)[nH]1. The second-order valence-corrected chi connectivity index (χ2v) is 4.44. The highest BCUT2D eigenvalue weighted by atomic mass is 79.9. The van der Waals surface area contributed by atoms with Crippen LogP contribution < -0.4 is 5.56 Å². The largest absolute Gasteiger partial charge is 0.310 e. The molecule has 2 rings (SSSR count). The molecule has 0 bridgehead atoms. The molecule has 0 unspecified atom stereocenters. The van der Waals surface area contributed by atoms with Crippen LogP contribution in [0.25, 0.3) is 10.9 Å². The van der Waals surface area contributed by atoms with E-state index in [1.54, 1.807) is 12.1 Å². The van der Waals surface area contributed by atoms with Gasteiger partial charge < -0.3 is 4.98 Å². The van der Waals surface area contributed by atoms with E-state index in [1.807, 2.05) is 6.92 Å². The third kappa shape index (κ3) is 1.92. The number of rotatable bonds is 1. The molecule has 0 amide bonds. The van der Waals surface area contributed by atoms with Crippen molar-refractivity contribution in [3.63, 3.8) is 0 Å². The van der Waals surface area contributed by atoms with Crippen LogP contribution in [0, 0.1) is 0 Å². The van der Waals surface area contributed by atoms with Gasteiger partial charge >= 0.3 is 0 Å². The van der Waals surface area contributed by atoms with Crippen molar-refractivity contribution in [2.75, 3.05) is 0 Å². The summed E-state index contributed by atoms with van der Waals surface area (Å²) in [5, 5.41) is 1.03.